The minimum atomic E-state index is -0.177. The van der Waals surface area contributed by atoms with E-state index in [0.717, 1.165) is 17.4 Å². The summed E-state index contributed by atoms with van der Waals surface area (Å²) in [4.78, 5) is 0. The molecule has 92 valence electrons. The van der Waals surface area contributed by atoms with Gasteiger partial charge in [-0.15, -0.1) is 0 Å². The van der Waals surface area contributed by atoms with E-state index in [2.05, 4.69) is 27.3 Å². The summed E-state index contributed by atoms with van der Waals surface area (Å²) in [5.74, 6) is -0.177. The monoisotopic (exact) mass is 297 g/mol. The van der Waals surface area contributed by atoms with Gasteiger partial charge in [-0.3, -0.25) is 0 Å². The topological polar surface area (TPSA) is 12.0 Å². The first-order valence-corrected chi connectivity index (χ1v) is 6.91. The lowest BCUT2D eigenvalue weighted by atomic mass is 10.1. The van der Waals surface area contributed by atoms with E-state index in [1.54, 1.807) is 6.07 Å². The molecule has 1 N–H and O–H groups in total. The average molecular weight is 298 g/mol. The smallest absolute Gasteiger partial charge is 0.131 e. The van der Waals surface area contributed by atoms with Crippen molar-refractivity contribution in [2.45, 2.75) is 31.7 Å². The summed E-state index contributed by atoms with van der Waals surface area (Å²) in [5.41, 5.74) is 0.652. The van der Waals surface area contributed by atoms with Gasteiger partial charge in [0, 0.05) is 16.1 Å². The van der Waals surface area contributed by atoms with Crippen LogP contribution < -0.4 is 5.32 Å². The molecule has 0 aromatic heterocycles. The van der Waals surface area contributed by atoms with Gasteiger partial charge >= 0.3 is 0 Å². The van der Waals surface area contributed by atoms with Crippen LogP contribution in [0.3, 0.4) is 0 Å². The van der Waals surface area contributed by atoms with Gasteiger partial charge in [-0.2, -0.15) is 0 Å². The highest BCUT2D eigenvalue weighted by atomic mass is 79.9. The van der Waals surface area contributed by atoms with Crippen LogP contribution in [0.2, 0.25) is 0 Å². The number of hydrogen-bond donors (Lipinski definition) is 1. The van der Waals surface area contributed by atoms with Crippen molar-refractivity contribution in [3.8, 4) is 0 Å². The SMILES string of the molecule is Fc1cc(Br)ccc1/C=C/C1CCCCCN1. The molecular formula is C14H17BrFN. The Labute approximate surface area is 110 Å². The third-order valence-corrected chi connectivity index (χ3v) is 3.56. The van der Waals surface area contributed by atoms with E-state index in [-0.39, 0.29) is 5.82 Å². The summed E-state index contributed by atoms with van der Waals surface area (Å²) >= 11 is 3.26. The predicted octanol–water partition coefficient (Wildman–Crippen LogP) is 4.13. The van der Waals surface area contributed by atoms with Crippen molar-refractivity contribution in [3.63, 3.8) is 0 Å². The lowest BCUT2D eigenvalue weighted by molar-refractivity contribution is 0.598. The molecule has 1 aliphatic heterocycles. The van der Waals surface area contributed by atoms with Crippen LogP contribution in [-0.2, 0) is 0 Å². The zero-order valence-corrected chi connectivity index (χ0v) is 11.3. The van der Waals surface area contributed by atoms with Crippen molar-refractivity contribution < 1.29 is 4.39 Å². The molecule has 0 radical (unpaired) electrons. The van der Waals surface area contributed by atoms with Gasteiger partial charge in [0.1, 0.15) is 5.82 Å². The van der Waals surface area contributed by atoms with Crippen LogP contribution in [0.4, 0.5) is 4.39 Å². The van der Waals surface area contributed by atoms with Crippen LogP contribution in [0.1, 0.15) is 31.2 Å². The second-order valence-corrected chi connectivity index (χ2v) is 5.35. The second-order valence-electron chi connectivity index (χ2n) is 4.43. The van der Waals surface area contributed by atoms with Crippen molar-refractivity contribution in [3.05, 3.63) is 40.1 Å². The molecule has 17 heavy (non-hydrogen) atoms. The van der Waals surface area contributed by atoms with Gasteiger partial charge in [0.05, 0.1) is 0 Å². The van der Waals surface area contributed by atoms with E-state index >= 15 is 0 Å². The van der Waals surface area contributed by atoms with Crippen LogP contribution in [0.15, 0.2) is 28.7 Å². The average Bonchev–Trinajstić information content (AvgIpc) is 2.56. The molecule has 1 fully saturated rings. The summed E-state index contributed by atoms with van der Waals surface area (Å²) in [5, 5.41) is 3.46. The van der Waals surface area contributed by atoms with E-state index < -0.39 is 0 Å². The van der Waals surface area contributed by atoms with Gasteiger partial charge in [-0.05, 0) is 31.5 Å². The van der Waals surface area contributed by atoms with Crippen LogP contribution in [0.5, 0.6) is 0 Å². The first-order valence-electron chi connectivity index (χ1n) is 6.12. The standard InChI is InChI=1S/C14H17BrFN/c15-12-7-5-11(14(16)10-12)6-8-13-4-2-1-3-9-17-13/h5-8,10,13,17H,1-4,9H2/b8-6+. The lowest BCUT2D eigenvalue weighted by Gasteiger charge is -2.10. The van der Waals surface area contributed by atoms with Crippen LogP contribution in [0.25, 0.3) is 6.08 Å². The number of halogens is 2. The molecule has 1 nitrogen and oxygen atoms in total. The van der Waals surface area contributed by atoms with Gasteiger partial charge in [0.15, 0.2) is 0 Å². The first-order chi connectivity index (χ1) is 8.25. The van der Waals surface area contributed by atoms with Gasteiger partial charge in [-0.1, -0.05) is 47.0 Å². The van der Waals surface area contributed by atoms with E-state index in [1.807, 2.05) is 12.1 Å². The van der Waals surface area contributed by atoms with Gasteiger partial charge < -0.3 is 5.32 Å². The molecule has 1 heterocycles. The van der Waals surface area contributed by atoms with E-state index in [4.69, 9.17) is 0 Å². The molecular weight excluding hydrogens is 281 g/mol. The van der Waals surface area contributed by atoms with Gasteiger partial charge in [0.2, 0.25) is 0 Å². The molecule has 1 unspecified atom stereocenters. The van der Waals surface area contributed by atoms with Crippen molar-refractivity contribution in [2.75, 3.05) is 6.54 Å². The van der Waals surface area contributed by atoms with E-state index in [0.29, 0.717) is 11.6 Å². The molecule has 2 rings (SSSR count). The Morgan fingerprint density at radius 3 is 3.00 bits per heavy atom. The summed E-state index contributed by atoms with van der Waals surface area (Å²) in [6, 6.07) is 5.55. The number of rotatable bonds is 2. The van der Waals surface area contributed by atoms with Crippen molar-refractivity contribution in [2.24, 2.45) is 0 Å². The fourth-order valence-corrected chi connectivity index (χ4v) is 2.41. The molecule has 1 aromatic carbocycles. The molecule has 1 saturated heterocycles. The largest absolute Gasteiger partial charge is 0.311 e. The molecule has 0 bridgehead atoms. The van der Waals surface area contributed by atoms with Gasteiger partial charge in [0.25, 0.3) is 0 Å². The van der Waals surface area contributed by atoms with Crippen molar-refractivity contribution >= 4 is 22.0 Å². The molecule has 1 aromatic rings. The Morgan fingerprint density at radius 1 is 1.29 bits per heavy atom. The minimum absolute atomic E-state index is 0.177. The summed E-state index contributed by atoms with van der Waals surface area (Å²) < 4.78 is 14.4. The Kier molecular flexibility index (Phi) is 4.75. The Balaban J connectivity index is 2.03. The van der Waals surface area contributed by atoms with Crippen molar-refractivity contribution in [1.29, 1.82) is 0 Å². The zero-order valence-electron chi connectivity index (χ0n) is 9.76. The quantitative estimate of drug-likeness (QED) is 0.865. The van der Waals surface area contributed by atoms with Gasteiger partial charge in [-0.25, -0.2) is 4.39 Å². The number of nitrogens with one attached hydrogen (secondary N) is 1. The fourth-order valence-electron chi connectivity index (χ4n) is 2.08. The fraction of sp³-hybridized carbons (Fsp3) is 0.429. The van der Waals surface area contributed by atoms with Crippen LogP contribution in [0, 0.1) is 5.82 Å². The first kappa shape index (κ1) is 12.8. The highest BCUT2D eigenvalue weighted by molar-refractivity contribution is 9.10. The molecule has 1 aliphatic rings. The maximum atomic E-state index is 13.6. The maximum Gasteiger partial charge on any atom is 0.131 e. The minimum Gasteiger partial charge on any atom is -0.311 e. The predicted molar refractivity (Wildman–Crippen MR) is 73.4 cm³/mol. The molecule has 0 saturated carbocycles. The van der Waals surface area contributed by atoms with Crippen molar-refractivity contribution in [1.82, 2.24) is 5.32 Å². The van der Waals surface area contributed by atoms with Crippen LogP contribution >= 0.6 is 15.9 Å². The maximum absolute atomic E-state index is 13.6. The Morgan fingerprint density at radius 2 is 2.18 bits per heavy atom. The molecule has 1 atom stereocenters. The highest BCUT2D eigenvalue weighted by Gasteiger charge is 2.08. The van der Waals surface area contributed by atoms with Crippen LogP contribution in [-0.4, -0.2) is 12.6 Å². The molecule has 0 aliphatic carbocycles. The lowest BCUT2D eigenvalue weighted by Crippen LogP contribution is -2.25. The molecule has 0 amide bonds. The molecule has 3 heteroatoms. The van der Waals surface area contributed by atoms with E-state index in [1.165, 1.54) is 25.3 Å². The third kappa shape index (κ3) is 3.93. The molecule has 0 spiro atoms. The summed E-state index contributed by atoms with van der Waals surface area (Å²) in [7, 11) is 0. The highest BCUT2D eigenvalue weighted by Crippen LogP contribution is 2.17. The normalized spacial score (nSPS) is 21.6. The summed E-state index contributed by atoms with van der Waals surface area (Å²) in [6.45, 7) is 1.07. The summed E-state index contributed by atoms with van der Waals surface area (Å²) in [6.07, 6.45) is 8.91. The number of benzene rings is 1. The Hall–Kier alpha value is -0.670. The van der Waals surface area contributed by atoms with E-state index in [9.17, 15) is 4.39 Å². The zero-order chi connectivity index (χ0) is 12.1. The Bertz CT molecular complexity index is 395. The third-order valence-electron chi connectivity index (χ3n) is 3.07. The second kappa shape index (κ2) is 6.31. The number of hydrogen-bond acceptors (Lipinski definition) is 1.